The van der Waals surface area contributed by atoms with Gasteiger partial charge >= 0.3 is 0 Å². The Morgan fingerprint density at radius 3 is 1.88 bits per heavy atom. The molecule has 1 aromatic heterocycles. The molecule has 0 radical (unpaired) electrons. The monoisotopic (exact) mass is 477 g/mol. The van der Waals surface area contributed by atoms with Gasteiger partial charge in [0.2, 0.25) is 0 Å². The van der Waals surface area contributed by atoms with Gasteiger partial charge in [0.15, 0.2) is 0 Å². The van der Waals surface area contributed by atoms with Gasteiger partial charge in [0.1, 0.15) is 4.88 Å². The lowest BCUT2D eigenvalue weighted by Gasteiger charge is -2.09. The van der Waals surface area contributed by atoms with E-state index in [1.54, 1.807) is 36.4 Å². The predicted octanol–water partition coefficient (Wildman–Crippen LogP) is 5.50. The third-order valence-corrected chi connectivity index (χ3v) is 6.66. The number of hydrazine groups is 1. The number of aryl methyl sites for hydroxylation is 2. The molecule has 1 heterocycles. The van der Waals surface area contributed by atoms with Gasteiger partial charge in [-0.1, -0.05) is 41.4 Å². The highest BCUT2D eigenvalue weighted by molar-refractivity contribution is 7.21. The largest absolute Gasteiger partial charge is 0.321 e. The number of carbonyl (C=O) groups is 3. The Kier molecular flexibility index (Phi) is 6.44. The van der Waals surface area contributed by atoms with Gasteiger partial charge < -0.3 is 5.32 Å². The average Bonchev–Trinajstić information content (AvgIpc) is 3.13. The topological polar surface area (TPSA) is 87.3 Å². The van der Waals surface area contributed by atoms with E-state index in [-0.39, 0.29) is 5.91 Å². The van der Waals surface area contributed by atoms with Crippen molar-refractivity contribution in [3.63, 3.8) is 0 Å². The lowest BCUT2D eigenvalue weighted by atomic mass is 10.1. The van der Waals surface area contributed by atoms with Crippen molar-refractivity contribution >= 4 is 56.4 Å². The second kappa shape index (κ2) is 9.44. The van der Waals surface area contributed by atoms with Gasteiger partial charge in [-0.2, -0.15) is 0 Å². The number of carbonyl (C=O) groups excluding carboxylic acids is 3. The molecular formula is C25H20ClN3O3S. The van der Waals surface area contributed by atoms with E-state index in [0.717, 1.165) is 21.2 Å². The van der Waals surface area contributed by atoms with Crippen LogP contribution in [0.4, 0.5) is 5.69 Å². The van der Waals surface area contributed by atoms with Crippen molar-refractivity contribution in [3.05, 3.63) is 98.9 Å². The van der Waals surface area contributed by atoms with Crippen LogP contribution in [0.2, 0.25) is 5.02 Å². The summed E-state index contributed by atoms with van der Waals surface area (Å²) in [5.74, 6) is -1.21. The van der Waals surface area contributed by atoms with Gasteiger partial charge in [0.25, 0.3) is 17.7 Å². The summed E-state index contributed by atoms with van der Waals surface area (Å²) in [4.78, 5) is 37.6. The molecule has 0 fully saturated rings. The van der Waals surface area contributed by atoms with Crippen LogP contribution in [0, 0.1) is 13.8 Å². The van der Waals surface area contributed by atoms with Gasteiger partial charge in [-0.15, -0.1) is 11.3 Å². The van der Waals surface area contributed by atoms with Crippen molar-refractivity contribution in [3.8, 4) is 0 Å². The molecule has 0 unspecified atom stereocenters. The highest BCUT2D eigenvalue weighted by atomic mass is 35.5. The first-order valence-electron chi connectivity index (χ1n) is 10.1. The molecule has 0 spiro atoms. The fourth-order valence-electron chi connectivity index (χ4n) is 3.17. The minimum atomic E-state index is -0.476. The van der Waals surface area contributed by atoms with Crippen molar-refractivity contribution in [1.29, 1.82) is 0 Å². The second-order valence-corrected chi connectivity index (χ2v) is 8.98. The maximum Gasteiger partial charge on any atom is 0.269 e. The number of hydrogen-bond acceptors (Lipinski definition) is 4. The third-order valence-electron chi connectivity index (χ3n) is 5.00. The van der Waals surface area contributed by atoms with Crippen LogP contribution in [-0.4, -0.2) is 17.7 Å². The third kappa shape index (κ3) is 5.05. The Bertz CT molecular complexity index is 1360. The fraction of sp³-hybridized carbons (Fsp3) is 0.0800. The molecular weight excluding hydrogens is 458 g/mol. The zero-order valence-corrected chi connectivity index (χ0v) is 19.4. The smallest absolute Gasteiger partial charge is 0.269 e. The Balaban J connectivity index is 1.38. The molecule has 0 aliphatic rings. The van der Waals surface area contributed by atoms with E-state index in [1.165, 1.54) is 11.3 Å². The van der Waals surface area contributed by atoms with Crippen LogP contribution in [0.3, 0.4) is 0 Å². The lowest BCUT2D eigenvalue weighted by molar-refractivity contribution is 0.0846. The van der Waals surface area contributed by atoms with Crippen molar-refractivity contribution in [1.82, 2.24) is 10.9 Å². The van der Waals surface area contributed by atoms with Gasteiger partial charge in [0.05, 0.1) is 5.02 Å². The maximum atomic E-state index is 12.7. The minimum Gasteiger partial charge on any atom is -0.321 e. The first-order chi connectivity index (χ1) is 15.8. The molecule has 4 rings (SSSR count). The van der Waals surface area contributed by atoms with E-state index < -0.39 is 11.8 Å². The van der Waals surface area contributed by atoms with E-state index >= 15 is 0 Å². The van der Waals surface area contributed by atoms with Gasteiger partial charge in [0, 0.05) is 26.9 Å². The van der Waals surface area contributed by atoms with Gasteiger partial charge in [-0.25, -0.2) is 0 Å². The van der Waals surface area contributed by atoms with E-state index in [4.69, 9.17) is 11.6 Å². The number of benzene rings is 3. The number of fused-ring (bicyclic) bond motifs is 1. The lowest BCUT2D eigenvalue weighted by Crippen LogP contribution is -2.41. The zero-order chi connectivity index (χ0) is 23.5. The Morgan fingerprint density at radius 2 is 1.27 bits per heavy atom. The summed E-state index contributed by atoms with van der Waals surface area (Å²) in [5.41, 5.74) is 8.18. The quantitative estimate of drug-likeness (QED) is 0.339. The number of hydrogen-bond donors (Lipinski definition) is 3. The zero-order valence-electron chi connectivity index (χ0n) is 17.9. The summed E-state index contributed by atoms with van der Waals surface area (Å²) in [6.45, 7) is 3.91. The molecule has 3 N–H and O–H groups in total. The number of nitrogens with one attached hydrogen (secondary N) is 3. The van der Waals surface area contributed by atoms with Crippen LogP contribution >= 0.6 is 22.9 Å². The Morgan fingerprint density at radius 1 is 0.727 bits per heavy atom. The van der Waals surface area contributed by atoms with E-state index in [0.29, 0.717) is 26.7 Å². The molecule has 3 amide bonds. The standard InChI is InChI=1S/C25H20ClN3O3S/c1-14-3-6-16(7-4-14)23(30)28-29-24(31)17-8-10-18(11-9-17)27-25(32)22-21(26)19-12-5-15(2)13-20(19)33-22/h3-13H,1-2H3,(H,27,32)(H,28,30)(H,29,31). The van der Waals surface area contributed by atoms with Gasteiger partial charge in [-0.3, -0.25) is 25.2 Å². The molecule has 33 heavy (non-hydrogen) atoms. The summed E-state index contributed by atoms with van der Waals surface area (Å²) >= 11 is 7.75. The van der Waals surface area contributed by atoms with Crippen LogP contribution in [0.1, 0.15) is 41.5 Å². The highest BCUT2D eigenvalue weighted by Crippen LogP contribution is 2.36. The van der Waals surface area contributed by atoms with E-state index in [1.807, 2.05) is 44.2 Å². The average molecular weight is 478 g/mol. The van der Waals surface area contributed by atoms with Crippen molar-refractivity contribution in [2.24, 2.45) is 0 Å². The van der Waals surface area contributed by atoms with Crippen LogP contribution in [0.5, 0.6) is 0 Å². The SMILES string of the molecule is Cc1ccc(C(=O)NNC(=O)c2ccc(NC(=O)c3sc4cc(C)ccc4c3Cl)cc2)cc1. The summed E-state index contributed by atoms with van der Waals surface area (Å²) in [7, 11) is 0. The van der Waals surface area contributed by atoms with Crippen molar-refractivity contribution < 1.29 is 14.4 Å². The maximum absolute atomic E-state index is 12.7. The highest BCUT2D eigenvalue weighted by Gasteiger charge is 2.17. The van der Waals surface area contributed by atoms with Crippen molar-refractivity contribution in [2.45, 2.75) is 13.8 Å². The molecule has 0 aliphatic carbocycles. The molecule has 3 aromatic carbocycles. The molecule has 166 valence electrons. The number of thiophene rings is 1. The molecule has 0 atom stereocenters. The number of anilines is 1. The van der Waals surface area contributed by atoms with E-state index in [2.05, 4.69) is 16.2 Å². The summed E-state index contributed by atoms with van der Waals surface area (Å²) < 4.78 is 0.949. The number of rotatable bonds is 4. The Hall–Kier alpha value is -3.68. The molecule has 4 aromatic rings. The normalized spacial score (nSPS) is 10.6. The van der Waals surface area contributed by atoms with Crippen LogP contribution in [0.15, 0.2) is 66.7 Å². The summed E-state index contributed by atoms with van der Waals surface area (Å²) in [6.07, 6.45) is 0. The Labute approximate surface area is 199 Å². The van der Waals surface area contributed by atoms with Crippen LogP contribution in [-0.2, 0) is 0 Å². The second-order valence-electron chi connectivity index (χ2n) is 7.55. The number of halogens is 1. The molecule has 8 heteroatoms. The predicted molar refractivity (Wildman–Crippen MR) is 132 cm³/mol. The van der Waals surface area contributed by atoms with Gasteiger partial charge in [-0.05, 0) is 61.9 Å². The van der Waals surface area contributed by atoms with E-state index in [9.17, 15) is 14.4 Å². The first kappa shape index (κ1) is 22.5. The first-order valence-corrected chi connectivity index (χ1v) is 11.3. The minimum absolute atomic E-state index is 0.318. The molecule has 6 nitrogen and oxygen atoms in total. The van der Waals surface area contributed by atoms with Crippen LogP contribution < -0.4 is 16.2 Å². The molecule has 0 saturated heterocycles. The van der Waals surface area contributed by atoms with Crippen molar-refractivity contribution in [2.75, 3.05) is 5.32 Å². The molecule has 0 aliphatic heterocycles. The summed E-state index contributed by atoms with van der Waals surface area (Å²) in [5, 5.41) is 4.07. The van der Waals surface area contributed by atoms with Crippen LogP contribution in [0.25, 0.3) is 10.1 Å². The molecule has 0 saturated carbocycles. The molecule has 0 bridgehead atoms. The fourth-order valence-corrected chi connectivity index (χ4v) is 4.68. The summed E-state index contributed by atoms with van der Waals surface area (Å²) in [6, 6.07) is 19.2. The number of amides is 3.